The van der Waals surface area contributed by atoms with E-state index in [4.69, 9.17) is 9.47 Å². The van der Waals surface area contributed by atoms with Crippen LogP contribution in [0, 0.1) is 0 Å². The SMILES string of the molecule is COc1cc(OC)cc(-c2cc(Nn3c(=O)c3=O)c(C(=O)O)s2)c1. The van der Waals surface area contributed by atoms with Crippen molar-refractivity contribution in [3.05, 3.63) is 49.9 Å². The minimum absolute atomic E-state index is 0.0145. The van der Waals surface area contributed by atoms with Gasteiger partial charge in [-0.25, -0.2) is 4.79 Å². The molecule has 0 unspecified atom stereocenters. The van der Waals surface area contributed by atoms with Crippen molar-refractivity contribution in [2.45, 2.75) is 0 Å². The largest absolute Gasteiger partial charge is 0.497 e. The lowest BCUT2D eigenvalue weighted by Gasteiger charge is -2.07. The third-order valence-corrected chi connectivity index (χ3v) is 4.51. The summed E-state index contributed by atoms with van der Waals surface area (Å²) in [5.74, 6) is -0.0498. The van der Waals surface area contributed by atoms with Crippen molar-refractivity contribution < 1.29 is 19.4 Å². The van der Waals surface area contributed by atoms with E-state index in [-0.39, 0.29) is 10.6 Å². The van der Waals surface area contributed by atoms with Crippen molar-refractivity contribution in [3.8, 4) is 21.9 Å². The van der Waals surface area contributed by atoms with Crippen molar-refractivity contribution in [1.29, 1.82) is 0 Å². The molecule has 0 radical (unpaired) electrons. The molecule has 8 nitrogen and oxygen atoms in total. The van der Waals surface area contributed by atoms with Crippen molar-refractivity contribution in [1.82, 2.24) is 4.68 Å². The quantitative estimate of drug-likeness (QED) is 0.649. The number of hydrogen-bond acceptors (Lipinski definition) is 7. The van der Waals surface area contributed by atoms with Gasteiger partial charge in [-0.2, -0.15) is 4.68 Å². The molecule has 2 aromatic heterocycles. The molecule has 24 heavy (non-hydrogen) atoms. The Morgan fingerprint density at radius 1 is 1.08 bits per heavy atom. The number of hydrogen-bond donors (Lipinski definition) is 2. The van der Waals surface area contributed by atoms with Crippen molar-refractivity contribution in [3.63, 3.8) is 0 Å². The molecule has 0 saturated carbocycles. The fourth-order valence-corrected chi connectivity index (χ4v) is 3.02. The van der Waals surface area contributed by atoms with Crippen molar-refractivity contribution in [2.75, 3.05) is 19.6 Å². The minimum Gasteiger partial charge on any atom is -0.497 e. The Labute approximate surface area is 139 Å². The molecule has 0 fully saturated rings. The summed E-state index contributed by atoms with van der Waals surface area (Å²) < 4.78 is 11.2. The summed E-state index contributed by atoms with van der Waals surface area (Å²) in [4.78, 5) is 34.2. The molecule has 0 spiro atoms. The molecule has 2 N–H and O–H groups in total. The molecule has 0 saturated heterocycles. The summed E-state index contributed by atoms with van der Waals surface area (Å²) in [5.41, 5.74) is 1.96. The molecule has 0 aliphatic heterocycles. The molecular weight excluding hydrogens is 336 g/mol. The number of aromatic carboxylic acids is 1. The number of methoxy groups -OCH3 is 2. The summed E-state index contributed by atoms with van der Waals surface area (Å²) in [6.07, 6.45) is 0. The maximum atomic E-state index is 11.4. The summed E-state index contributed by atoms with van der Waals surface area (Å²) in [6, 6.07) is 6.72. The Kier molecular flexibility index (Phi) is 3.86. The molecule has 0 bridgehead atoms. The smallest absolute Gasteiger partial charge is 0.348 e. The number of carboxylic acids is 1. The van der Waals surface area contributed by atoms with Crippen LogP contribution < -0.4 is 26.0 Å². The van der Waals surface area contributed by atoms with E-state index in [9.17, 15) is 19.5 Å². The maximum absolute atomic E-state index is 11.4. The van der Waals surface area contributed by atoms with Crippen LogP contribution >= 0.6 is 11.3 Å². The van der Waals surface area contributed by atoms with Crippen molar-refractivity contribution in [2.24, 2.45) is 0 Å². The zero-order valence-electron chi connectivity index (χ0n) is 12.7. The molecule has 0 amide bonds. The van der Waals surface area contributed by atoms with Gasteiger partial charge >= 0.3 is 17.1 Å². The van der Waals surface area contributed by atoms with Gasteiger partial charge in [-0.1, -0.05) is 0 Å². The zero-order chi connectivity index (χ0) is 17.4. The molecule has 1 aromatic carbocycles. The Bertz CT molecular complexity index is 948. The number of benzene rings is 1. The molecule has 0 aliphatic carbocycles. The second-order valence-electron chi connectivity index (χ2n) is 4.82. The monoisotopic (exact) mass is 348 g/mol. The van der Waals surface area contributed by atoms with Gasteiger partial charge in [-0.3, -0.25) is 15.0 Å². The molecule has 2 heterocycles. The van der Waals surface area contributed by atoms with Crippen LogP contribution in [0.5, 0.6) is 11.5 Å². The lowest BCUT2D eigenvalue weighted by atomic mass is 10.1. The van der Waals surface area contributed by atoms with Crippen LogP contribution in [0.3, 0.4) is 0 Å². The van der Waals surface area contributed by atoms with Gasteiger partial charge in [0.25, 0.3) is 0 Å². The highest BCUT2D eigenvalue weighted by atomic mass is 32.1. The fourth-order valence-electron chi connectivity index (χ4n) is 2.08. The van der Waals surface area contributed by atoms with Crippen LogP contribution in [-0.4, -0.2) is 30.0 Å². The number of rotatable bonds is 6. The van der Waals surface area contributed by atoms with Gasteiger partial charge in [0.15, 0.2) is 0 Å². The Morgan fingerprint density at radius 2 is 1.67 bits per heavy atom. The fraction of sp³-hybridized carbons (Fsp3) is 0.133. The molecular formula is C15H12N2O6S. The standard InChI is InChI=1S/C15H12N2O6S/c1-22-8-3-7(4-9(5-8)23-2)11-6-10(12(24-11)15(20)21)16-17-13(18)14(17)19/h3-6,16H,1-2H3,(H,20,21). The van der Waals surface area contributed by atoms with Crippen LogP contribution in [0.2, 0.25) is 0 Å². The number of nitrogens with zero attached hydrogens (tertiary/aromatic N) is 1. The van der Waals surface area contributed by atoms with E-state index in [0.717, 1.165) is 16.0 Å². The van der Waals surface area contributed by atoms with Crippen LogP contribution in [0.4, 0.5) is 5.69 Å². The normalized spacial score (nSPS) is 10.8. The Balaban J connectivity index is 2.06. The van der Waals surface area contributed by atoms with Gasteiger partial charge in [0.2, 0.25) is 0 Å². The third-order valence-electron chi connectivity index (χ3n) is 3.33. The second-order valence-corrected chi connectivity index (χ2v) is 5.87. The number of nitrogens with one attached hydrogen (secondary N) is 1. The Morgan fingerprint density at radius 3 is 2.12 bits per heavy atom. The molecule has 3 rings (SSSR count). The number of anilines is 1. The average Bonchev–Trinajstić information content (AvgIpc) is 2.99. The van der Waals surface area contributed by atoms with E-state index >= 15 is 0 Å². The number of carbonyl (C=O) groups is 1. The summed E-state index contributed by atoms with van der Waals surface area (Å²) in [7, 11) is 3.03. The first kappa shape index (κ1) is 15.8. The molecule has 9 heteroatoms. The van der Waals surface area contributed by atoms with Gasteiger partial charge in [-0.05, 0) is 23.8 Å². The van der Waals surface area contributed by atoms with E-state index < -0.39 is 17.1 Å². The summed E-state index contributed by atoms with van der Waals surface area (Å²) >= 11 is 1.01. The first-order chi connectivity index (χ1) is 11.4. The van der Waals surface area contributed by atoms with E-state index in [1.807, 2.05) is 0 Å². The van der Waals surface area contributed by atoms with E-state index in [0.29, 0.717) is 21.9 Å². The minimum atomic E-state index is -1.16. The zero-order valence-corrected chi connectivity index (χ0v) is 13.5. The van der Waals surface area contributed by atoms with Crippen LogP contribution in [0.25, 0.3) is 10.4 Å². The number of carboxylic acid groups (broad SMARTS) is 1. The summed E-state index contributed by atoms with van der Waals surface area (Å²) in [6.45, 7) is 0. The molecule has 0 aliphatic rings. The van der Waals surface area contributed by atoms with E-state index in [2.05, 4.69) is 5.43 Å². The van der Waals surface area contributed by atoms with Crippen LogP contribution in [-0.2, 0) is 0 Å². The highest BCUT2D eigenvalue weighted by molar-refractivity contribution is 7.18. The highest BCUT2D eigenvalue weighted by Gasteiger charge is 2.22. The van der Waals surface area contributed by atoms with Crippen molar-refractivity contribution >= 4 is 23.0 Å². The topological polar surface area (TPSA) is 107 Å². The van der Waals surface area contributed by atoms with Gasteiger partial charge in [0, 0.05) is 10.9 Å². The van der Waals surface area contributed by atoms with E-state index in [1.54, 1.807) is 24.3 Å². The second kappa shape index (κ2) is 5.85. The Hall–Kier alpha value is -3.07. The highest BCUT2D eigenvalue weighted by Crippen LogP contribution is 2.38. The predicted octanol–water partition coefficient (Wildman–Crippen LogP) is 1.40. The third kappa shape index (κ3) is 2.76. The summed E-state index contributed by atoms with van der Waals surface area (Å²) in [5, 5.41) is 9.33. The van der Waals surface area contributed by atoms with E-state index in [1.165, 1.54) is 14.2 Å². The van der Waals surface area contributed by atoms with Gasteiger partial charge in [-0.15, -0.1) is 11.3 Å². The molecule has 124 valence electrons. The maximum Gasteiger partial charge on any atom is 0.348 e. The first-order valence-electron chi connectivity index (χ1n) is 6.70. The average molecular weight is 348 g/mol. The molecule has 3 aromatic rings. The first-order valence-corrected chi connectivity index (χ1v) is 7.52. The van der Waals surface area contributed by atoms with Crippen LogP contribution in [0.15, 0.2) is 33.9 Å². The number of aromatic nitrogens is 1. The number of ether oxygens (including phenoxy) is 2. The number of thiophene rings is 1. The van der Waals surface area contributed by atoms with Gasteiger partial charge in [0.05, 0.1) is 19.9 Å². The lowest BCUT2D eigenvalue weighted by molar-refractivity contribution is 0.0703. The lowest BCUT2D eigenvalue weighted by Crippen LogP contribution is -2.09. The van der Waals surface area contributed by atoms with Gasteiger partial charge in [0.1, 0.15) is 16.4 Å². The van der Waals surface area contributed by atoms with Crippen LogP contribution in [0.1, 0.15) is 9.67 Å². The molecule has 0 atom stereocenters. The van der Waals surface area contributed by atoms with Gasteiger partial charge < -0.3 is 14.6 Å². The predicted molar refractivity (Wildman–Crippen MR) is 88.2 cm³/mol.